The van der Waals surface area contributed by atoms with Gasteiger partial charge in [-0.05, 0) is 0 Å². The highest BCUT2D eigenvalue weighted by atomic mass is 16.5. The molecule has 2 N–H and O–H groups in total. The summed E-state index contributed by atoms with van der Waals surface area (Å²) in [5.74, 6) is 0.0375. The lowest BCUT2D eigenvalue weighted by molar-refractivity contribution is -0.135. The molecule has 2 rings (SSSR count). The van der Waals surface area contributed by atoms with Gasteiger partial charge >= 0.3 is 0 Å². The van der Waals surface area contributed by atoms with Gasteiger partial charge in [0, 0.05) is 45.1 Å². The normalized spacial score (nSPS) is 23.4. The molecule has 0 aromatic heterocycles. The Balaban J connectivity index is 1.57. The van der Waals surface area contributed by atoms with Gasteiger partial charge in [-0.1, -0.05) is 0 Å². The summed E-state index contributed by atoms with van der Waals surface area (Å²) in [6, 6.07) is 0.0821. The summed E-state index contributed by atoms with van der Waals surface area (Å²) in [6.45, 7) is 4.95. The number of carbonyl (C=O) groups excluding carboxylic acids is 2. The Morgan fingerprint density at radius 3 is 2.70 bits per heavy atom. The van der Waals surface area contributed by atoms with Crippen molar-refractivity contribution in [2.45, 2.75) is 18.9 Å². The van der Waals surface area contributed by atoms with Crippen LogP contribution in [-0.2, 0) is 19.1 Å². The van der Waals surface area contributed by atoms with Gasteiger partial charge in [0.1, 0.15) is 0 Å². The van der Waals surface area contributed by atoms with Crippen LogP contribution in [0.1, 0.15) is 12.8 Å². The number of ether oxygens (including phenoxy) is 2. The molecule has 7 nitrogen and oxygen atoms in total. The molecule has 0 saturated carbocycles. The van der Waals surface area contributed by atoms with Crippen molar-refractivity contribution in [3.8, 4) is 0 Å². The monoisotopic (exact) mass is 285 g/mol. The molecule has 0 radical (unpaired) electrons. The lowest BCUT2D eigenvalue weighted by atomic mass is 10.2. The summed E-state index contributed by atoms with van der Waals surface area (Å²) in [7, 11) is 0. The third kappa shape index (κ3) is 5.07. The first kappa shape index (κ1) is 15.2. The van der Waals surface area contributed by atoms with Gasteiger partial charge in [0.05, 0.1) is 26.4 Å². The van der Waals surface area contributed by atoms with E-state index in [1.54, 1.807) is 4.90 Å². The van der Waals surface area contributed by atoms with E-state index in [1.807, 2.05) is 0 Å². The van der Waals surface area contributed by atoms with Gasteiger partial charge in [0.2, 0.25) is 11.8 Å². The third-order valence-corrected chi connectivity index (χ3v) is 3.46. The molecule has 1 unspecified atom stereocenters. The van der Waals surface area contributed by atoms with E-state index in [0.717, 1.165) is 6.54 Å². The molecule has 7 heteroatoms. The second kappa shape index (κ2) is 8.18. The zero-order valence-electron chi connectivity index (χ0n) is 11.7. The molecule has 0 aromatic rings. The van der Waals surface area contributed by atoms with Crippen molar-refractivity contribution in [1.82, 2.24) is 15.5 Å². The number of hydrogen-bond acceptors (Lipinski definition) is 5. The number of amides is 2. The highest BCUT2D eigenvalue weighted by Gasteiger charge is 2.18. The molecule has 0 spiro atoms. The molecule has 2 aliphatic rings. The van der Waals surface area contributed by atoms with Crippen LogP contribution in [-0.4, -0.2) is 75.4 Å². The van der Waals surface area contributed by atoms with E-state index in [0.29, 0.717) is 58.9 Å². The molecular weight excluding hydrogens is 262 g/mol. The molecule has 0 aliphatic carbocycles. The maximum Gasteiger partial charge on any atom is 0.224 e. The fraction of sp³-hybridized carbons (Fsp3) is 0.846. The van der Waals surface area contributed by atoms with E-state index >= 15 is 0 Å². The van der Waals surface area contributed by atoms with E-state index in [1.165, 1.54) is 0 Å². The molecule has 1 atom stereocenters. The zero-order chi connectivity index (χ0) is 14.2. The van der Waals surface area contributed by atoms with E-state index in [2.05, 4.69) is 10.6 Å². The van der Waals surface area contributed by atoms with Gasteiger partial charge in [0.25, 0.3) is 0 Å². The minimum absolute atomic E-state index is 0.0391. The zero-order valence-corrected chi connectivity index (χ0v) is 11.7. The minimum atomic E-state index is -0.0391. The molecule has 0 bridgehead atoms. The fourth-order valence-electron chi connectivity index (χ4n) is 2.33. The first-order chi connectivity index (χ1) is 9.75. The van der Waals surface area contributed by atoms with E-state index in [4.69, 9.17) is 9.47 Å². The first-order valence-corrected chi connectivity index (χ1v) is 7.19. The number of nitrogens with one attached hydrogen (secondary N) is 2. The van der Waals surface area contributed by atoms with Crippen LogP contribution in [0.25, 0.3) is 0 Å². The molecule has 0 aromatic carbocycles. The maximum absolute atomic E-state index is 11.9. The lowest BCUT2D eigenvalue weighted by Gasteiger charge is -2.27. The SMILES string of the molecule is O=C(CC1COCCN1)NCCC(=O)N1CCOCC1. The van der Waals surface area contributed by atoms with Gasteiger partial charge in [-0.15, -0.1) is 0 Å². The van der Waals surface area contributed by atoms with Crippen LogP contribution in [0.3, 0.4) is 0 Å². The summed E-state index contributed by atoms with van der Waals surface area (Å²) in [6.07, 6.45) is 0.742. The maximum atomic E-state index is 11.9. The molecule has 114 valence electrons. The number of hydrogen-bond donors (Lipinski definition) is 2. The summed E-state index contributed by atoms with van der Waals surface area (Å²) >= 11 is 0. The second-order valence-electron chi connectivity index (χ2n) is 5.02. The number of morpholine rings is 2. The van der Waals surface area contributed by atoms with E-state index in [9.17, 15) is 9.59 Å². The van der Waals surface area contributed by atoms with Crippen LogP contribution in [0.2, 0.25) is 0 Å². The Morgan fingerprint density at radius 2 is 2.00 bits per heavy atom. The van der Waals surface area contributed by atoms with E-state index in [-0.39, 0.29) is 17.9 Å². The van der Waals surface area contributed by atoms with Crippen molar-refractivity contribution < 1.29 is 19.1 Å². The topological polar surface area (TPSA) is 79.9 Å². The Morgan fingerprint density at radius 1 is 1.20 bits per heavy atom. The Kier molecular flexibility index (Phi) is 6.23. The van der Waals surface area contributed by atoms with E-state index < -0.39 is 0 Å². The van der Waals surface area contributed by atoms with Gasteiger partial charge in [-0.3, -0.25) is 9.59 Å². The molecule has 2 aliphatic heterocycles. The molecular formula is C13H23N3O4. The minimum Gasteiger partial charge on any atom is -0.378 e. The predicted molar refractivity (Wildman–Crippen MR) is 72.3 cm³/mol. The van der Waals surface area contributed by atoms with Crippen LogP contribution in [0.5, 0.6) is 0 Å². The van der Waals surface area contributed by atoms with Crippen molar-refractivity contribution >= 4 is 11.8 Å². The average molecular weight is 285 g/mol. The number of nitrogens with zero attached hydrogens (tertiary/aromatic N) is 1. The first-order valence-electron chi connectivity index (χ1n) is 7.19. The van der Waals surface area contributed by atoms with Gasteiger partial charge in [-0.2, -0.15) is 0 Å². The Bertz CT molecular complexity index is 326. The van der Waals surface area contributed by atoms with Gasteiger partial charge in [-0.25, -0.2) is 0 Å². The summed E-state index contributed by atoms with van der Waals surface area (Å²) < 4.78 is 10.5. The standard InChI is InChI=1S/C13H23N3O4/c17-12(9-11-10-20-6-3-14-11)15-2-1-13(18)16-4-7-19-8-5-16/h11,14H,1-10H2,(H,15,17). The van der Waals surface area contributed by atoms with Crippen molar-refractivity contribution in [3.05, 3.63) is 0 Å². The summed E-state index contributed by atoms with van der Waals surface area (Å²) in [4.78, 5) is 25.4. The quantitative estimate of drug-likeness (QED) is 0.658. The highest BCUT2D eigenvalue weighted by molar-refractivity contribution is 5.79. The third-order valence-electron chi connectivity index (χ3n) is 3.46. The second-order valence-corrected chi connectivity index (χ2v) is 5.02. The van der Waals surface area contributed by atoms with Crippen LogP contribution in [0, 0.1) is 0 Å². The smallest absolute Gasteiger partial charge is 0.224 e. The van der Waals surface area contributed by atoms with Crippen molar-refractivity contribution in [1.29, 1.82) is 0 Å². The molecule has 2 saturated heterocycles. The van der Waals surface area contributed by atoms with Crippen LogP contribution in [0.15, 0.2) is 0 Å². The summed E-state index contributed by atoms with van der Waals surface area (Å²) in [5, 5.41) is 6.01. The summed E-state index contributed by atoms with van der Waals surface area (Å²) in [5.41, 5.74) is 0. The largest absolute Gasteiger partial charge is 0.378 e. The number of rotatable bonds is 5. The highest BCUT2D eigenvalue weighted by Crippen LogP contribution is 2.00. The van der Waals surface area contributed by atoms with Crippen molar-refractivity contribution in [2.75, 3.05) is 52.6 Å². The Labute approximate surface area is 119 Å². The van der Waals surface area contributed by atoms with Crippen molar-refractivity contribution in [3.63, 3.8) is 0 Å². The fourth-order valence-corrected chi connectivity index (χ4v) is 2.33. The number of carbonyl (C=O) groups is 2. The van der Waals surface area contributed by atoms with Crippen LogP contribution >= 0.6 is 0 Å². The molecule has 2 amide bonds. The van der Waals surface area contributed by atoms with Gasteiger partial charge < -0.3 is 25.0 Å². The lowest BCUT2D eigenvalue weighted by Crippen LogP contribution is -2.45. The molecule has 20 heavy (non-hydrogen) atoms. The molecule has 2 fully saturated rings. The average Bonchev–Trinajstić information content (AvgIpc) is 2.49. The Hall–Kier alpha value is -1.18. The van der Waals surface area contributed by atoms with Gasteiger partial charge in [0.15, 0.2) is 0 Å². The van der Waals surface area contributed by atoms with Crippen molar-refractivity contribution in [2.24, 2.45) is 0 Å². The predicted octanol–water partition coefficient (Wildman–Crippen LogP) is -1.27. The van der Waals surface area contributed by atoms with Crippen LogP contribution < -0.4 is 10.6 Å². The molecule has 2 heterocycles. The van der Waals surface area contributed by atoms with Crippen LogP contribution in [0.4, 0.5) is 0 Å².